The maximum absolute atomic E-state index is 2.47. The second kappa shape index (κ2) is 13.6. The Kier molecular flexibility index (Phi) is 8.26. The van der Waals surface area contributed by atoms with Crippen LogP contribution in [-0.4, -0.2) is 6.71 Å². The lowest BCUT2D eigenvalue weighted by atomic mass is 9.36. The van der Waals surface area contributed by atoms with Crippen molar-refractivity contribution in [1.29, 1.82) is 0 Å². The summed E-state index contributed by atoms with van der Waals surface area (Å²) in [6, 6.07) is 70.5. The largest absolute Gasteiger partial charge is 0.214 e. The van der Waals surface area contributed by atoms with Gasteiger partial charge in [0.1, 0.15) is 0 Å². The first-order valence-electron chi connectivity index (χ1n) is 19.8. The Labute approximate surface area is 325 Å². The van der Waals surface area contributed by atoms with Gasteiger partial charge in [-0.2, -0.15) is 0 Å². The fraction of sp³-hybridized carbons (Fsp3) is 0.111. The van der Waals surface area contributed by atoms with Crippen LogP contribution in [0.15, 0.2) is 188 Å². The highest BCUT2D eigenvalue weighted by Crippen LogP contribution is 2.56. The van der Waals surface area contributed by atoms with Crippen molar-refractivity contribution in [2.45, 2.75) is 32.0 Å². The molecule has 0 aliphatic heterocycles. The molecule has 0 fully saturated rings. The summed E-state index contributed by atoms with van der Waals surface area (Å²) in [6.07, 6.45) is 4.50. The molecule has 10 rings (SSSR count). The monoisotopic (exact) mass is 702 g/mol. The van der Waals surface area contributed by atoms with Gasteiger partial charge in [0.25, 0.3) is 0 Å². The molecule has 8 aromatic rings. The van der Waals surface area contributed by atoms with Gasteiger partial charge >= 0.3 is 0 Å². The van der Waals surface area contributed by atoms with E-state index < -0.39 is 5.41 Å². The number of aryl methyl sites for hydroxylation is 1. The minimum Gasteiger partial charge on any atom is -0.0761 e. The van der Waals surface area contributed by atoms with E-state index >= 15 is 0 Å². The Morgan fingerprint density at radius 3 is 2.00 bits per heavy atom. The molecule has 8 aromatic carbocycles. The van der Waals surface area contributed by atoms with E-state index in [1.807, 2.05) is 0 Å². The molecule has 55 heavy (non-hydrogen) atoms. The summed E-state index contributed by atoms with van der Waals surface area (Å²) in [7, 11) is 0. The molecule has 0 radical (unpaired) electrons. The summed E-state index contributed by atoms with van der Waals surface area (Å²) < 4.78 is 0. The SMILES string of the molecule is Cc1ccc2ccccc2c1B(CC1=c2ccccc2=CCC1C)c1cccc(-c2ccc(C3(c4ccccc4)c4ccccc4-c4ccccc43)cc2)c1. The molecule has 1 atom stereocenters. The number of hydrogen-bond acceptors (Lipinski definition) is 0. The Bertz CT molecular complexity index is 2800. The first kappa shape index (κ1) is 33.4. The topological polar surface area (TPSA) is 0 Å². The van der Waals surface area contributed by atoms with Crippen LogP contribution < -0.4 is 21.4 Å². The zero-order chi connectivity index (χ0) is 36.9. The standard InChI is InChI=1S/C54H43B/c1-37-27-29-40-15-6-8-21-46(40)50(37)36-55(53-38(2)28-30-41-16-7-9-22-47(41)53)45-20-14-17-42(35-45)39-31-33-44(34-32-39)54(43-18-4-3-5-19-43)51-25-12-10-23-48(51)49-24-11-13-26-52(49)54/h3-26,28-35,37H,27,36H2,1-2H3. The molecule has 2 aliphatic carbocycles. The molecule has 0 saturated carbocycles. The third-order valence-corrected chi connectivity index (χ3v) is 12.7. The van der Waals surface area contributed by atoms with Crippen LogP contribution in [0.25, 0.3) is 44.7 Å². The lowest BCUT2D eigenvalue weighted by Gasteiger charge is -2.34. The van der Waals surface area contributed by atoms with Gasteiger partial charge < -0.3 is 0 Å². The molecule has 0 amide bonds. The molecular formula is C54H43B. The van der Waals surface area contributed by atoms with E-state index in [9.17, 15) is 0 Å². The van der Waals surface area contributed by atoms with Gasteiger partial charge in [-0.25, -0.2) is 0 Å². The van der Waals surface area contributed by atoms with Gasteiger partial charge in [-0.15, -0.1) is 0 Å². The van der Waals surface area contributed by atoms with Crippen LogP contribution in [0.4, 0.5) is 0 Å². The average molecular weight is 703 g/mol. The van der Waals surface area contributed by atoms with Crippen molar-refractivity contribution < 1.29 is 0 Å². The van der Waals surface area contributed by atoms with Crippen LogP contribution in [0, 0.1) is 12.8 Å². The second-order valence-electron chi connectivity index (χ2n) is 15.6. The van der Waals surface area contributed by atoms with Crippen molar-refractivity contribution in [3.8, 4) is 22.3 Å². The van der Waals surface area contributed by atoms with E-state index in [0.29, 0.717) is 5.92 Å². The smallest absolute Gasteiger partial charge is 0.0761 e. The van der Waals surface area contributed by atoms with Gasteiger partial charge in [-0.05, 0) is 91.3 Å². The van der Waals surface area contributed by atoms with Gasteiger partial charge in [0, 0.05) is 0 Å². The molecule has 0 spiro atoms. The lowest BCUT2D eigenvalue weighted by Crippen LogP contribution is -2.46. The molecule has 2 aliphatic rings. The number of hydrogen-bond donors (Lipinski definition) is 0. The number of rotatable bonds is 7. The van der Waals surface area contributed by atoms with Gasteiger partial charge in [-0.1, -0.05) is 223 Å². The zero-order valence-electron chi connectivity index (χ0n) is 31.5. The van der Waals surface area contributed by atoms with Crippen molar-refractivity contribution >= 4 is 40.1 Å². The third kappa shape index (κ3) is 5.44. The van der Waals surface area contributed by atoms with Gasteiger partial charge in [-0.3, -0.25) is 0 Å². The molecule has 0 bridgehead atoms. The fourth-order valence-electron chi connectivity index (χ4n) is 10.0. The summed E-state index contributed by atoms with van der Waals surface area (Å²) in [5.41, 5.74) is 15.7. The quantitative estimate of drug-likeness (QED) is 0.145. The van der Waals surface area contributed by atoms with Gasteiger partial charge in [0.2, 0.25) is 6.71 Å². The van der Waals surface area contributed by atoms with Crippen molar-refractivity contribution in [1.82, 2.24) is 0 Å². The van der Waals surface area contributed by atoms with Crippen molar-refractivity contribution in [3.63, 3.8) is 0 Å². The van der Waals surface area contributed by atoms with Crippen molar-refractivity contribution in [2.75, 3.05) is 0 Å². The van der Waals surface area contributed by atoms with Crippen LogP contribution in [0.1, 0.15) is 41.2 Å². The Balaban J connectivity index is 1.12. The summed E-state index contributed by atoms with van der Waals surface area (Å²) in [5.74, 6) is 0.492. The first-order chi connectivity index (χ1) is 27.1. The summed E-state index contributed by atoms with van der Waals surface area (Å²) in [6.45, 7) is 4.92. The Morgan fingerprint density at radius 2 is 1.22 bits per heavy atom. The predicted octanol–water partition coefficient (Wildman–Crippen LogP) is 10.5. The molecule has 1 unspecified atom stereocenters. The van der Waals surface area contributed by atoms with E-state index in [-0.39, 0.29) is 6.71 Å². The van der Waals surface area contributed by atoms with Crippen LogP contribution >= 0.6 is 0 Å². The molecule has 0 aromatic heterocycles. The molecule has 1 heteroatoms. The average Bonchev–Trinajstić information content (AvgIpc) is 3.55. The van der Waals surface area contributed by atoms with E-state index in [2.05, 4.69) is 208 Å². The minimum atomic E-state index is -0.395. The number of fused-ring (bicyclic) bond motifs is 5. The Morgan fingerprint density at radius 1 is 0.564 bits per heavy atom. The highest BCUT2D eigenvalue weighted by Gasteiger charge is 2.45. The summed E-state index contributed by atoms with van der Waals surface area (Å²) >= 11 is 0. The predicted molar refractivity (Wildman–Crippen MR) is 235 cm³/mol. The molecule has 0 nitrogen and oxygen atoms in total. The maximum atomic E-state index is 2.47. The highest BCUT2D eigenvalue weighted by molar-refractivity contribution is 6.88. The van der Waals surface area contributed by atoms with Crippen LogP contribution in [0.2, 0.25) is 6.32 Å². The van der Waals surface area contributed by atoms with E-state index in [1.54, 1.807) is 5.57 Å². The van der Waals surface area contributed by atoms with Crippen molar-refractivity contribution in [3.05, 3.63) is 226 Å². The lowest BCUT2D eigenvalue weighted by molar-refractivity contribution is 0.765. The van der Waals surface area contributed by atoms with E-state index in [4.69, 9.17) is 0 Å². The van der Waals surface area contributed by atoms with Gasteiger partial charge in [0.05, 0.1) is 5.41 Å². The third-order valence-electron chi connectivity index (χ3n) is 12.7. The Hall–Kier alpha value is -6.18. The molecule has 0 saturated heterocycles. The van der Waals surface area contributed by atoms with Crippen LogP contribution in [0.3, 0.4) is 0 Å². The zero-order valence-corrected chi connectivity index (χ0v) is 31.5. The van der Waals surface area contributed by atoms with E-state index in [1.165, 1.54) is 82.2 Å². The van der Waals surface area contributed by atoms with E-state index in [0.717, 1.165) is 12.7 Å². The maximum Gasteiger partial charge on any atom is 0.214 e. The van der Waals surface area contributed by atoms with Gasteiger partial charge in [0.15, 0.2) is 0 Å². The summed E-state index contributed by atoms with van der Waals surface area (Å²) in [5, 5.41) is 5.45. The molecule has 0 heterocycles. The normalized spacial score (nSPS) is 15.2. The summed E-state index contributed by atoms with van der Waals surface area (Å²) in [4.78, 5) is 0. The fourth-order valence-corrected chi connectivity index (χ4v) is 10.0. The van der Waals surface area contributed by atoms with Crippen LogP contribution in [-0.2, 0) is 5.41 Å². The minimum absolute atomic E-state index is 0.210. The van der Waals surface area contributed by atoms with Crippen LogP contribution in [0.5, 0.6) is 0 Å². The molecule has 0 N–H and O–H groups in total. The first-order valence-corrected chi connectivity index (χ1v) is 19.8. The molecule has 262 valence electrons. The highest BCUT2D eigenvalue weighted by atomic mass is 14.5. The van der Waals surface area contributed by atoms with Crippen molar-refractivity contribution in [2.24, 2.45) is 5.92 Å². The second-order valence-corrected chi connectivity index (χ2v) is 15.6. The number of benzene rings is 8. The molecular weight excluding hydrogens is 659 g/mol.